The molecule has 2 aromatic heterocycles. The topological polar surface area (TPSA) is 614 Å². The number of nitrogens with two attached hydrogens (primary N) is 3. The van der Waals surface area contributed by atoms with Crippen LogP contribution in [0.4, 0.5) is 0 Å². The second-order valence-electron chi connectivity index (χ2n) is 28.7. The first-order valence-corrected chi connectivity index (χ1v) is 36.9. The van der Waals surface area contributed by atoms with E-state index in [2.05, 4.69) is 83.7 Å². The molecule has 38 heteroatoms. The van der Waals surface area contributed by atoms with Crippen LogP contribution in [0.15, 0.2) is 85.7 Å². The number of imidazole rings is 2. The molecule has 4 aromatic rings. The van der Waals surface area contributed by atoms with Crippen LogP contribution in [0.25, 0.3) is 0 Å². The molecule has 13 atom stereocenters. The van der Waals surface area contributed by atoms with Gasteiger partial charge >= 0.3 is 17.9 Å². The Labute approximate surface area is 647 Å². The molecule has 0 spiro atoms. The Balaban J connectivity index is 1.62. The number of unbranched alkanes of at least 4 members (excludes halogenated alkanes) is 1. The van der Waals surface area contributed by atoms with Crippen molar-refractivity contribution in [3.8, 4) is 0 Å². The molecule has 0 unspecified atom stereocenters. The number of carbonyl (C=O) groups excluding carboxylic acids is 13. The molecule has 2 heterocycles. The van der Waals surface area contributed by atoms with Crippen LogP contribution in [-0.2, 0) is 102 Å². The fraction of sp³-hybridized carbons (Fsp3) is 0.541. The summed E-state index contributed by atoms with van der Waals surface area (Å²) in [6.45, 7) is 14.4. The maximum absolute atomic E-state index is 14.9. The predicted molar refractivity (Wildman–Crippen MR) is 404 cm³/mol. The third-order valence-electron chi connectivity index (χ3n) is 17.8. The van der Waals surface area contributed by atoms with E-state index < -0.39 is 217 Å². The van der Waals surface area contributed by atoms with Crippen molar-refractivity contribution in [2.45, 2.75) is 224 Å². The first kappa shape index (κ1) is 92.7. The SMILES string of the molecule is CC(C)C[C@H](NC(=O)[C@H](CCCCN)NC(=O)[C@H](CCC(N)=O)NC(=O)[C@H](Cc1cnc[nH]1)NC(=O)[C@H](Cc1cnc[nH]1)NC(=O)[C@@H](N)C(C)C)C(=O)N[C@H](C(=O)N[C@@H](Cc1ccccc1)C(=O)N[C@@H](Cc1ccccc1)C(=O)N[C@@H](C)C(=O)N[C@@H](CCC(=O)O)C(=O)N[C@@H](CC(=O)O)C(=O)N[C@H](C(=O)O)C(C)C)C(C)C. The number of primary amides is 1. The number of carbonyl (C=O) groups is 16. The molecule has 23 N–H and O–H groups in total. The molecule has 38 nitrogen and oxygen atoms in total. The number of aliphatic carboxylic acids is 3. The molecule has 2 aromatic carbocycles. The standard InChI is InChI=1S/C74H109N19O19/c1-38(2)28-50(86-63(100)47(22-16-17-27-75)84-64(101)48(23-25-56(76)94)85-68(105)53(31-45-34-78-36-80-45)88-69(106)54(32-46-35-79-37-81-46)90-72(109)59(77)39(3)4)70(107)92-60(40(5)6)73(110)91-52(30-44-20-14-11-15-21-44)67(104)87-51(29-43-18-12-10-13-19-43)66(103)82-42(9)62(99)83-49(24-26-57(95)96)65(102)89-55(33-58(97)98)71(108)93-61(41(7)8)74(111)112/h10-15,18-21,34-42,47-55,59-61H,16-17,22-33,75,77H2,1-9H3,(H2,76,94)(H,78,80)(H,79,81)(H,82,103)(H,83,99)(H,84,101)(H,85,105)(H,86,100)(H,87,104)(H,88,106)(H,89,102)(H,90,109)(H,91,110)(H,92,107)(H,93,108)(H,95,96)(H,97,98)(H,111,112)/t42-,47-,48-,49-,50-,51-,52-,53-,54-,55-,59-,60-,61-/m0/s1. The first-order valence-electron chi connectivity index (χ1n) is 36.9. The second-order valence-corrected chi connectivity index (χ2v) is 28.7. The minimum Gasteiger partial charge on any atom is -0.481 e. The number of aromatic amines is 2. The van der Waals surface area contributed by atoms with Crippen LogP contribution in [0.5, 0.6) is 0 Å². The van der Waals surface area contributed by atoms with Crippen LogP contribution in [-0.4, -0.2) is 215 Å². The Hall–Kier alpha value is -11.7. The fourth-order valence-corrected chi connectivity index (χ4v) is 11.4. The number of rotatable bonds is 50. The summed E-state index contributed by atoms with van der Waals surface area (Å²) < 4.78 is 0. The van der Waals surface area contributed by atoms with Crippen molar-refractivity contribution < 1.29 is 92.0 Å². The summed E-state index contributed by atoms with van der Waals surface area (Å²) in [5, 5.41) is 59.3. The molecule has 0 saturated carbocycles. The highest BCUT2D eigenvalue weighted by Crippen LogP contribution is 2.16. The zero-order valence-electron chi connectivity index (χ0n) is 64.3. The van der Waals surface area contributed by atoms with E-state index in [1.165, 1.54) is 45.8 Å². The Kier molecular flexibility index (Phi) is 38.7. The molecular weight excluding hydrogens is 1460 g/mol. The fourth-order valence-electron chi connectivity index (χ4n) is 11.4. The molecule has 112 heavy (non-hydrogen) atoms. The van der Waals surface area contributed by atoms with E-state index >= 15 is 0 Å². The summed E-state index contributed by atoms with van der Waals surface area (Å²) in [7, 11) is 0. The lowest BCUT2D eigenvalue weighted by atomic mass is 9.98. The molecule has 0 radical (unpaired) electrons. The number of benzene rings is 2. The van der Waals surface area contributed by atoms with Crippen molar-refractivity contribution in [2.75, 3.05) is 6.54 Å². The van der Waals surface area contributed by atoms with E-state index in [1.807, 2.05) is 0 Å². The third kappa shape index (κ3) is 32.5. The molecule has 0 saturated heterocycles. The molecule has 614 valence electrons. The predicted octanol–water partition coefficient (Wildman–Crippen LogP) is -2.60. The molecule has 0 aliphatic heterocycles. The Morgan fingerprint density at radius 3 is 1.18 bits per heavy atom. The number of hydrogen-bond acceptors (Lipinski definition) is 20. The van der Waals surface area contributed by atoms with Crippen LogP contribution in [0, 0.1) is 23.7 Å². The van der Waals surface area contributed by atoms with Gasteiger partial charge in [-0.25, -0.2) is 14.8 Å². The van der Waals surface area contributed by atoms with Crippen LogP contribution >= 0.6 is 0 Å². The Bertz CT molecular complexity index is 3810. The smallest absolute Gasteiger partial charge is 0.326 e. The number of aromatic nitrogens is 4. The van der Waals surface area contributed by atoms with Crippen molar-refractivity contribution in [2.24, 2.45) is 40.9 Å². The molecule has 13 amide bonds. The van der Waals surface area contributed by atoms with Gasteiger partial charge in [0.1, 0.15) is 72.5 Å². The van der Waals surface area contributed by atoms with Gasteiger partial charge in [-0.15, -0.1) is 0 Å². The molecular formula is C74H109N19O19. The van der Waals surface area contributed by atoms with E-state index in [0.717, 1.165) is 0 Å². The highest BCUT2D eigenvalue weighted by Gasteiger charge is 2.39. The zero-order valence-corrected chi connectivity index (χ0v) is 64.3. The van der Waals surface area contributed by atoms with Crippen LogP contribution in [0.3, 0.4) is 0 Å². The largest absolute Gasteiger partial charge is 0.481 e. The van der Waals surface area contributed by atoms with Crippen molar-refractivity contribution >= 4 is 94.7 Å². The van der Waals surface area contributed by atoms with Crippen LogP contribution in [0.2, 0.25) is 0 Å². The minimum absolute atomic E-state index is 0.0400. The van der Waals surface area contributed by atoms with E-state index in [9.17, 15) is 92.0 Å². The van der Waals surface area contributed by atoms with Crippen molar-refractivity contribution in [1.82, 2.24) is 83.7 Å². The third-order valence-corrected chi connectivity index (χ3v) is 17.8. The van der Waals surface area contributed by atoms with Gasteiger partial charge in [0, 0.05) is 62.3 Å². The van der Waals surface area contributed by atoms with Gasteiger partial charge in [0.25, 0.3) is 0 Å². The monoisotopic (exact) mass is 1570 g/mol. The summed E-state index contributed by atoms with van der Waals surface area (Å²) in [6.07, 6.45) is 1.95. The number of nitrogens with one attached hydrogen (secondary N) is 14. The van der Waals surface area contributed by atoms with Gasteiger partial charge in [-0.1, -0.05) is 116 Å². The number of H-pyrrole nitrogens is 2. The van der Waals surface area contributed by atoms with Gasteiger partial charge in [0.05, 0.1) is 25.1 Å². The van der Waals surface area contributed by atoms with Gasteiger partial charge < -0.3 is 106 Å². The van der Waals surface area contributed by atoms with Gasteiger partial charge in [0.2, 0.25) is 76.8 Å². The number of hydrogen-bond donors (Lipinski definition) is 20. The maximum Gasteiger partial charge on any atom is 0.326 e. The van der Waals surface area contributed by atoms with Crippen LogP contribution in [0.1, 0.15) is 143 Å². The Morgan fingerprint density at radius 2 is 0.768 bits per heavy atom. The molecule has 0 bridgehead atoms. The Morgan fingerprint density at radius 1 is 0.393 bits per heavy atom. The summed E-state index contributed by atoms with van der Waals surface area (Å²) in [5.74, 6) is -18.9. The van der Waals surface area contributed by atoms with E-state index in [-0.39, 0.29) is 63.3 Å². The normalized spacial score (nSPS) is 14.7. The lowest BCUT2D eigenvalue weighted by Gasteiger charge is -2.30. The number of nitrogens with zero attached hydrogens (tertiary/aromatic N) is 2. The summed E-state index contributed by atoms with van der Waals surface area (Å²) in [6, 6.07) is -2.89. The highest BCUT2D eigenvalue weighted by atomic mass is 16.4. The quantitative estimate of drug-likeness (QED) is 0.0202. The van der Waals surface area contributed by atoms with Gasteiger partial charge in [0.15, 0.2) is 0 Å². The maximum atomic E-state index is 14.9. The van der Waals surface area contributed by atoms with E-state index in [4.69, 9.17) is 17.2 Å². The summed E-state index contributed by atoms with van der Waals surface area (Å²) in [4.78, 5) is 233. The summed E-state index contributed by atoms with van der Waals surface area (Å²) in [5.41, 5.74) is 19.4. The van der Waals surface area contributed by atoms with Gasteiger partial charge in [-0.3, -0.25) is 71.9 Å². The van der Waals surface area contributed by atoms with Gasteiger partial charge in [-0.2, -0.15) is 0 Å². The number of amides is 13. The lowest BCUT2D eigenvalue weighted by Crippen LogP contribution is -2.62. The average Bonchev–Trinajstić information content (AvgIpc) is 1.72. The molecule has 4 rings (SSSR count). The minimum atomic E-state index is -1.91. The van der Waals surface area contributed by atoms with E-state index in [1.54, 1.807) is 102 Å². The van der Waals surface area contributed by atoms with Gasteiger partial charge in [-0.05, 0) is 86.8 Å². The van der Waals surface area contributed by atoms with Crippen molar-refractivity contribution in [1.29, 1.82) is 0 Å². The van der Waals surface area contributed by atoms with Crippen LogP contribution < -0.4 is 81.0 Å². The zero-order chi connectivity index (χ0) is 83.5. The molecule has 0 aliphatic carbocycles. The molecule has 0 aliphatic rings. The lowest BCUT2D eigenvalue weighted by molar-refractivity contribution is -0.144. The van der Waals surface area contributed by atoms with Crippen molar-refractivity contribution in [3.05, 3.63) is 108 Å². The first-order chi connectivity index (χ1) is 52.9. The average molecular weight is 1570 g/mol. The highest BCUT2D eigenvalue weighted by molar-refractivity contribution is 6.00. The molecule has 0 fully saturated rings. The second kappa shape index (κ2) is 46.7. The van der Waals surface area contributed by atoms with Crippen molar-refractivity contribution in [3.63, 3.8) is 0 Å². The number of carboxylic acid groups (broad SMARTS) is 3. The number of carboxylic acids is 3. The summed E-state index contributed by atoms with van der Waals surface area (Å²) >= 11 is 0. The van der Waals surface area contributed by atoms with E-state index in [0.29, 0.717) is 28.9 Å².